The number of nitrogens with one attached hydrogen (secondary N) is 1. The van der Waals surface area contributed by atoms with Crippen LogP contribution in [0.1, 0.15) is 47.8 Å². The molecule has 2 amide bonds. The van der Waals surface area contributed by atoms with E-state index in [0.717, 1.165) is 31.2 Å². The van der Waals surface area contributed by atoms with Gasteiger partial charge in [0, 0.05) is 24.2 Å². The van der Waals surface area contributed by atoms with E-state index >= 15 is 0 Å². The number of fused-ring (bicyclic) bond motifs is 3. The monoisotopic (exact) mass is 339 g/mol. The second-order valence-electron chi connectivity index (χ2n) is 7.65. The average molecular weight is 339 g/mol. The third-order valence-electron chi connectivity index (χ3n) is 5.81. The zero-order valence-electron chi connectivity index (χ0n) is 14.7. The van der Waals surface area contributed by atoms with Gasteiger partial charge >= 0.3 is 0 Å². The molecule has 1 fully saturated rings. The molecule has 3 N–H and O–H groups in total. The highest BCUT2D eigenvalue weighted by atomic mass is 16.2. The van der Waals surface area contributed by atoms with Gasteiger partial charge in [0.25, 0.3) is 5.91 Å². The molecule has 25 heavy (non-hydrogen) atoms. The summed E-state index contributed by atoms with van der Waals surface area (Å²) >= 11 is 0. The van der Waals surface area contributed by atoms with Crippen molar-refractivity contribution < 1.29 is 9.59 Å². The van der Waals surface area contributed by atoms with Crippen LogP contribution in [0.4, 0.5) is 0 Å². The van der Waals surface area contributed by atoms with Crippen LogP contribution in [-0.2, 0) is 17.6 Å². The number of carbonyl (C=O) groups is 2. The van der Waals surface area contributed by atoms with Gasteiger partial charge in [0.15, 0.2) is 0 Å². The minimum absolute atomic E-state index is 0.00296. The minimum atomic E-state index is -0.306. The van der Waals surface area contributed by atoms with Gasteiger partial charge in [0.1, 0.15) is 0 Å². The van der Waals surface area contributed by atoms with Gasteiger partial charge in [-0.1, -0.05) is 19.1 Å². The molecule has 2 aliphatic rings. The van der Waals surface area contributed by atoms with E-state index in [1.165, 1.54) is 23.1 Å². The van der Waals surface area contributed by atoms with Gasteiger partial charge in [-0.05, 0) is 49.7 Å². The van der Waals surface area contributed by atoms with Gasteiger partial charge in [-0.25, -0.2) is 0 Å². The standard InChI is InChI=1S/C20H25N3O2/c1-12-7-8-17-16(10-12)14-5-2-6-15(18(14)22-17)20(25)23-9-3-4-13(11-23)19(21)24/h2,5-6,12-13,22H,3-4,7-11H2,1H3,(H2,21,24)/t12-,13-/m0/s1. The summed E-state index contributed by atoms with van der Waals surface area (Å²) < 4.78 is 0. The van der Waals surface area contributed by atoms with E-state index in [-0.39, 0.29) is 17.7 Å². The fourth-order valence-corrected chi connectivity index (χ4v) is 4.36. The van der Waals surface area contributed by atoms with Crippen LogP contribution < -0.4 is 5.73 Å². The van der Waals surface area contributed by atoms with E-state index < -0.39 is 0 Å². The highest BCUT2D eigenvalue weighted by molar-refractivity contribution is 6.07. The number of aryl methyl sites for hydroxylation is 1. The molecule has 1 aromatic carbocycles. The highest BCUT2D eigenvalue weighted by Gasteiger charge is 2.29. The van der Waals surface area contributed by atoms with Crippen LogP contribution in [0.2, 0.25) is 0 Å². The summed E-state index contributed by atoms with van der Waals surface area (Å²) in [6.07, 6.45) is 4.91. The van der Waals surface area contributed by atoms with Gasteiger partial charge in [-0.3, -0.25) is 9.59 Å². The maximum atomic E-state index is 13.1. The minimum Gasteiger partial charge on any atom is -0.369 e. The molecule has 4 rings (SSSR count). The Kier molecular flexibility index (Phi) is 4.02. The summed E-state index contributed by atoms with van der Waals surface area (Å²) in [6, 6.07) is 5.98. The number of para-hydroxylation sites is 1. The third kappa shape index (κ3) is 2.81. The third-order valence-corrected chi connectivity index (χ3v) is 5.81. The number of carbonyl (C=O) groups excluding carboxylic acids is 2. The summed E-state index contributed by atoms with van der Waals surface area (Å²) in [5.41, 5.74) is 9.77. The zero-order chi connectivity index (χ0) is 17.6. The predicted octanol–water partition coefficient (Wildman–Crippen LogP) is 2.63. The Morgan fingerprint density at radius 3 is 2.92 bits per heavy atom. The van der Waals surface area contributed by atoms with Crippen LogP contribution in [0.3, 0.4) is 0 Å². The number of hydrogen-bond acceptors (Lipinski definition) is 2. The lowest BCUT2D eigenvalue weighted by molar-refractivity contribution is -0.123. The van der Waals surface area contributed by atoms with Crippen molar-refractivity contribution in [3.8, 4) is 0 Å². The second-order valence-corrected chi connectivity index (χ2v) is 7.65. The fraction of sp³-hybridized carbons (Fsp3) is 0.500. The maximum Gasteiger partial charge on any atom is 0.256 e. The van der Waals surface area contributed by atoms with E-state index in [1.54, 1.807) is 4.90 Å². The van der Waals surface area contributed by atoms with Gasteiger partial charge in [-0.15, -0.1) is 0 Å². The number of primary amides is 1. The second kappa shape index (κ2) is 6.21. The molecule has 0 unspecified atom stereocenters. The molecule has 1 aliphatic heterocycles. The lowest BCUT2D eigenvalue weighted by Crippen LogP contribution is -2.44. The first-order valence-electron chi connectivity index (χ1n) is 9.25. The van der Waals surface area contributed by atoms with E-state index in [4.69, 9.17) is 5.73 Å². The molecular weight excluding hydrogens is 314 g/mol. The summed E-state index contributed by atoms with van der Waals surface area (Å²) in [5, 5.41) is 1.18. The Morgan fingerprint density at radius 2 is 2.12 bits per heavy atom. The molecule has 0 bridgehead atoms. The molecular formula is C20H25N3O2. The van der Waals surface area contributed by atoms with E-state index in [0.29, 0.717) is 24.6 Å². The summed E-state index contributed by atoms with van der Waals surface area (Å²) in [5.74, 6) is 0.155. The maximum absolute atomic E-state index is 13.1. The first-order valence-corrected chi connectivity index (χ1v) is 9.25. The van der Waals surface area contributed by atoms with Crippen molar-refractivity contribution in [1.29, 1.82) is 0 Å². The average Bonchev–Trinajstić information content (AvgIpc) is 2.99. The molecule has 5 heteroatoms. The van der Waals surface area contributed by atoms with Crippen molar-refractivity contribution in [2.45, 2.75) is 39.0 Å². The van der Waals surface area contributed by atoms with Crippen molar-refractivity contribution in [3.63, 3.8) is 0 Å². The first-order chi connectivity index (χ1) is 12.0. The molecule has 0 radical (unpaired) electrons. The number of likely N-dealkylation sites (tertiary alicyclic amines) is 1. The molecule has 1 saturated heterocycles. The van der Waals surface area contributed by atoms with Crippen LogP contribution in [0, 0.1) is 11.8 Å². The lowest BCUT2D eigenvalue weighted by Gasteiger charge is -2.31. The fourth-order valence-electron chi connectivity index (χ4n) is 4.36. The Morgan fingerprint density at radius 1 is 1.28 bits per heavy atom. The van der Waals surface area contributed by atoms with Crippen molar-refractivity contribution in [3.05, 3.63) is 35.0 Å². The number of rotatable bonds is 2. The van der Waals surface area contributed by atoms with Crippen LogP contribution in [0.5, 0.6) is 0 Å². The number of hydrogen-bond donors (Lipinski definition) is 2. The van der Waals surface area contributed by atoms with Gasteiger partial charge in [0.2, 0.25) is 5.91 Å². The topological polar surface area (TPSA) is 79.2 Å². The highest BCUT2D eigenvalue weighted by Crippen LogP contribution is 2.33. The smallest absolute Gasteiger partial charge is 0.256 e. The number of nitrogens with two attached hydrogens (primary N) is 1. The zero-order valence-corrected chi connectivity index (χ0v) is 14.7. The number of H-pyrrole nitrogens is 1. The largest absolute Gasteiger partial charge is 0.369 e. The van der Waals surface area contributed by atoms with Crippen molar-refractivity contribution in [2.75, 3.05) is 13.1 Å². The van der Waals surface area contributed by atoms with Crippen molar-refractivity contribution >= 4 is 22.7 Å². The van der Waals surface area contributed by atoms with Crippen molar-refractivity contribution in [1.82, 2.24) is 9.88 Å². The number of benzene rings is 1. The molecule has 132 valence electrons. The quantitative estimate of drug-likeness (QED) is 0.882. The number of aromatic amines is 1. The number of amides is 2. The van der Waals surface area contributed by atoms with Crippen LogP contribution in [-0.4, -0.2) is 34.8 Å². The van der Waals surface area contributed by atoms with Gasteiger partial charge < -0.3 is 15.6 Å². The number of piperidine rings is 1. The van der Waals surface area contributed by atoms with Crippen LogP contribution in [0.25, 0.3) is 10.9 Å². The molecule has 1 aliphatic carbocycles. The summed E-state index contributed by atoms with van der Waals surface area (Å²) in [6.45, 7) is 3.41. The molecule has 2 heterocycles. The van der Waals surface area contributed by atoms with Crippen LogP contribution in [0.15, 0.2) is 18.2 Å². The molecule has 0 saturated carbocycles. The molecule has 5 nitrogen and oxygen atoms in total. The van der Waals surface area contributed by atoms with Crippen LogP contribution >= 0.6 is 0 Å². The van der Waals surface area contributed by atoms with E-state index in [2.05, 4.69) is 18.0 Å². The normalized spacial score (nSPS) is 23.5. The summed E-state index contributed by atoms with van der Waals surface area (Å²) in [7, 11) is 0. The van der Waals surface area contributed by atoms with Crippen molar-refractivity contribution in [2.24, 2.45) is 17.6 Å². The molecule has 2 atom stereocenters. The summed E-state index contributed by atoms with van der Waals surface area (Å²) in [4.78, 5) is 29.9. The lowest BCUT2D eigenvalue weighted by atomic mass is 9.87. The Bertz CT molecular complexity index is 839. The first kappa shape index (κ1) is 16.2. The van der Waals surface area contributed by atoms with Gasteiger partial charge in [0.05, 0.1) is 17.0 Å². The van der Waals surface area contributed by atoms with E-state index in [9.17, 15) is 9.59 Å². The number of nitrogens with zero attached hydrogens (tertiary/aromatic N) is 1. The van der Waals surface area contributed by atoms with Gasteiger partial charge in [-0.2, -0.15) is 0 Å². The predicted molar refractivity (Wildman–Crippen MR) is 97.3 cm³/mol. The van der Waals surface area contributed by atoms with E-state index in [1.807, 2.05) is 12.1 Å². The number of aromatic nitrogens is 1. The Labute approximate surface area is 147 Å². The Balaban J connectivity index is 1.69. The molecule has 1 aromatic heterocycles. The SMILES string of the molecule is C[C@H]1CCc2[nH]c3c(C(=O)N4CCC[C@H](C(N)=O)C4)cccc3c2C1. The molecule has 0 spiro atoms. The molecule has 2 aromatic rings. The Hall–Kier alpha value is -2.30.